The van der Waals surface area contributed by atoms with Crippen LogP contribution in [0.3, 0.4) is 0 Å². The smallest absolute Gasteiger partial charge is 0.276 e. The monoisotopic (exact) mass is 293 g/mol. The second kappa shape index (κ2) is 6.38. The standard InChI is InChI=1S/C13H19N5O3/c1-3-14-12-6-11(18(20)21)7-13(16-12)17-5-4-10(8-17)15-9(2)19/h6-7,10H,3-5,8H2,1-2H3,(H,14,16)(H,15,19). The number of nitrogens with zero attached hydrogens (tertiary/aromatic N) is 3. The first-order chi connectivity index (χ1) is 9.99. The number of aromatic nitrogens is 1. The molecule has 1 atom stereocenters. The third-order valence-electron chi connectivity index (χ3n) is 3.28. The Hall–Kier alpha value is -2.38. The Labute approximate surface area is 122 Å². The van der Waals surface area contributed by atoms with E-state index < -0.39 is 4.92 Å². The Morgan fingerprint density at radius 3 is 2.95 bits per heavy atom. The molecule has 0 saturated carbocycles. The van der Waals surface area contributed by atoms with Crippen molar-refractivity contribution in [2.75, 3.05) is 29.9 Å². The molecule has 2 N–H and O–H groups in total. The fourth-order valence-corrected chi connectivity index (χ4v) is 2.41. The van der Waals surface area contributed by atoms with Gasteiger partial charge in [-0.2, -0.15) is 0 Å². The molecular weight excluding hydrogens is 274 g/mol. The second-order valence-corrected chi connectivity index (χ2v) is 4.99. The van der Waals surface area contributed by atoms with Crippen LogP contribution in [0.25, 0.3) is 0 Å². The van der Waals surface area contributed by atoms with Gasteiger partial charge in [0, 0.05) is 32.6 Å². The number of carbonyl (C=O) groups excluding carboxylic acids is 1. The van der Waals surface area contributed by atoms with Gasteiger partial charge in [0.25, 0.3) is 5.69 Å². The minimum atomic E-state index is -0.423. The van der Waals surface area contributed by atoms with Crippen LogP contribution in [0.1, 0.15) is 20.3 Å². The number of nitrogens with one attached hydrogen (secondary N) is 2. The molecule has 2 heterocycles. The molecule has 8 heteroatoms. The lowest BCUT2D eigenvalue weighted by Gasteiger charge is -2.18. The summed E-state index contributed by atoms with van der Waals surface area (Å²) in [7, 11) is 0. The van der Waals surface area contributed by atoms with Gasteiger partial charge in [0.1, 0.15) is 11.6 Å². The maximum absolute atomic E-state index is 11.1. The number of nitro groups is 1. The summed E-state index contributed by atoms with van der Waals surface area (Å²) in [5, 5.41) is 16.9. The van der Waals surface area contributed by atoms with E-state index in [4.69, 9.17) is 0 Å². The predicted molar refractivity (Wildman–Crippen MR) is 79.5 cm³/mol. The predicted octanol–water partition coefficient (Wildman–Crippen LogP) is 1.14. The van der Waals surface area contributed by atoms with Crippen molar-refractivity contribution in [3.8, 4) is 0 Å². The molecule has 1 aromatic rings. The highest BCUT2D eigenvalue weighted by Gasteiger charge is 2.25. The molecule has 0 spiro atoms. The minimum absolute atomic E-state index is 0.0129. The fourth-order valence-electron chi connectivity index (χ4n) is 2.41. The van der Waals surface area contributed by atoms with Crippen LogP contribution in [0.4, 0.5) is 17.3 Å². The fraction of sp³-hybridized carbons (Fsp3) is 0.538. The summed E-state index contributed by atoms with van der Waals surface area (Å²) >= 11 is 0. The van der Waals surface area contributed by atoms with Gasteiger partial charge < -0.3 is 15.5 Å². The van der Waals surface area contributed by atoms with E-state index in [9.17, 15) is 14.9 Å². The van der Waals surface area contributed by atoms with Crippen LogP contribution in [0.5, 0.6) is 0 Å². The van der Waals surface area contributed by atoms with Crippen LogP contribution in [0.15, 0.2) is 12.1 Å². The van der Waals surface area contributed by atoms with Crippen molar-refractivity contribution in [3.63, 3.8) is 0 Å². The summed E-state index contributed by atoms with van der Waals surface area (Å²) in [5.74, 6) is 0.986. The number of hydrogen-bond acceptors (Lipinski definition) is 6. The lowest BCUT2D eigenvalue weighted by atomic mass is 10.2. The quantitative estimate of drug-likeness (QED) is 0.623. The van der Waals surface area contributed by atoms with Crippen molar-refractivity contribution < 1.29 is 9.72 Å². The van der Waals surface area contributed by atoms with E-state index in [-0.39, 0.29) is 17.6 Å². The molecule has 1 fully saturated rings. The number of anilines is 2. The van der Waals surface area contributed by atoms with E-state index in [0.717, 1.165) is 6.42 Å². The van der Waals surface area contributed by atoms with Crippen molar-refractivity contribution in [2.45, 2.75) is 26.3 Å². The molecule has 0 bridgehead atoms. The van der Waals surface area contributed by atoms with Gasteiger partial charge in [-0.3, -0.25) is 14.9 Å². The summed E-state index contributed by atoms with van der Waals surface area (Å²) in [6, 6.07) is 2.96. The van der Waals surface area contributed by atoms with Crippen molar-refractivity contribution in [1.29, 1.82) is 0 Å². The molecular formula is C13H19N5O3. The zero-order valence-electron chi connectivity index (χ0n) is 12.1. The molecule has 0 aromatic carbocycles. The van der Waals surface area contributed by atoms with Gasteiger partial charge >= 0.3 is 0 Å². The molecule has 8 nitrogen and oxygen atoms in total. The normalized spacial score (nSPS) is 17.6. The first-order valence-electron chi connectivity index (χ1n) is 6.92. The van der Waals surface area contributed by atoms with Gasteiger partial charge in [-0.1, -0.05) is 0 Å². The summed E-state index contributed by atoms with van der Waals surface area (Å²) in [6.45, 7) is 5.35. The van der Waals surface area contributed by atoms with Crippen LogP contribution >= 0.6 is 0 Å². The van der Waals surface area contributed by atoms with Crippen LogP contribution < -0.4 is 15.5 Å². The molecule has 2 rings (SSSR count). The zero-order chi connectivity index (χ0) is 15.4. The van der Waals surface area contributed by atoms with Crippen molar-refractivity contribution >= 4 is 23.2 Å². The van der Waals surface area contributed by atoms with Gasteiger partial charge in [-0.15, -0.1) is 0 Å². The Morgan fingerprint density at radius 1 is 1.57 bits per heavy atom. The Kier molecular flexibility index (Phi) is 4.56. The third kappa shape index (κ3) is 3.80. The third-order valence-corrected chi connectivity index (χ3v) is 3.28. The number of amides is 1. The molecule has 1 amide bonds. The molecule has 114 valence electrons. The number of carbonyl (C=O) groups is 1. The highest BCUT2D eigenvalue weighted by molar-refractivity contribution is 5.73. The molecule has 1 unspecified atom stereocenters. The number of hydrogen-bond donors (Lipinski definition) is 2. The Balaban J connectivity index is 2.19. The lowest BCUT2D eigenvalue weighted by Crippen LogP contribution is -2.35. The Morgan fingerprint density at radius 2 is 2.33 bits per heavy atom. The van der Waals surface area contributed by atoms with E-state index >= 15 is 0 Å². The molecule has 1 aliphatic heterocycles. The zero-order valence-corrected chi connectivity index (χ0v) is 12.1. The van der Waals surface area contributed by atoms with E-state index in [2.05, 4.69) is 15.6 Å². The minimum Gasteiger partial charge on any atom is -0.370 e. The lowest BCUT2D eigenvalue weighted by molar-refractivity contribution is -0.384. The first kappa shape index (κ1) is 15.0. The van der Waals surface area contributed by atoms with Gasteiger partial charge in [-0.05, 0) is 13.3 Å². The summed E-state index contributed by atoms with van der Waals surface area (Å²) in [5.41, 5.74) is 0.0129. The van der Waals surface area contributed by atoms with E-state index in [1.807, 2.05) is 11.8 Å². The van der Waals surface area contributed by atoms with Gasteiger partial charge in [0.2, 0.25) is 5.91 Å². The molecule has 1 aromatic heterocycles. The highest BCUT2D eigenvalue weighted by atomic mass is 16.6. The number of pyridine rings is 1. The average Bonchev–Trinajstić information content (AvgIpc) is 2.86. The van der Waals surface area contributed by atoms with Crippen LogP contribution in [-0.2, 0) is 4.79 Å². The molecule has 0 radical (unpaired) electrons. The molecule has 1 aliphatic rings. The highest BCUT2D eigenvalue weighted by Crippen LogP contribution is 2.26. The van der Waals surface area contributed by atoms with Gasteiger partial charge in [0.05, 0.1) is 17.1 Å². The average molecular weight is 293 g/mol. The van der Waals surface area contributed by atoms with Crippen molar-refractivity contribution in [3.05, 3.63) is 22.2 Å². The maximum atomic E-state index is 11.1. The van der Waals surface area contributed by atoms with Crippen LogP contribution in [-0.4, -0.2) is 41.5 Å². The van der Waals surface area contributed by atoms with E-state index in [1.54, 1.807) is 0 Å². The summed E-state index contributed by atoms with van der Waals surface area (Å²) < 4.78 is 0. The largest absolute Gasteiger partial charge is 0.370 e. The van der Waals surface area contributed by atoms with Crippen molar-refractivity contribution in [2.24, 2.45) is 0 Å². The topological polar surface area (TPSA) is 100 Å². The molecule has 0 aliphatic carbocycles. The van der Waals surface area contributed by atoms with E-state index in [0.29, 0.717) is 31.3 Å². The second-order valence-electron chi connectivity index (χ2n) is 4.99. The van der Waals surface area contributed by atoms with Gasteiger partial charge in [0.15, 0.2) is 0 Å². The summed E-state index contributed by atoms with van der Waals surface area (Å²) in [4.78, 5) is 28.0. The Bertz CT molecular complexity index is 549. The van der Waals surface area contributed by atoms with Crippen LogP contribution in [0, 0.1) is 10.1 Å². The number of rotatable bonds is 5. The van der Waals surface area contributed by atoms with Crippen molar-refractivity contribution in [1.82, 2.24) is 10.3 Å². The van der Waals surface area contributed by atoms with Crippen LogP contribution in [0.2, 0.25) is 0 Å². The summed E-state index contributed by atoms with van der Waals surface area (Å²) in [6.07, 6.45) is 0.806. The SMILES string of the molecule is CCNc1cc([N+](=O)[O-])cc(N2CCC(NC(C)=O)C2)n1. The van der Waals surface area contributed by atoms with Gasteiger partial charge in [-0.25, -0.2) is 4.98 Å². The molecule has 1 saturated heterocycles. The van der Waals surface area contributed by atoms with E-state index in [1.165, 1.54) is 19.1 Å². The first-order valence-corrected chi connectivity index (χ1v) is 6.92. The maximum Gasteiger partial charge on any atom is 0.276 e. The molecule has 21 heavy (non-hydrogen) atoms.